The molecule has 2 aromatic rings. The van der Waals surface area contributed by atoms with Gasteiger partial charge in [0.2, 0.25) is 0 Å². The second kappa shape index (κ2) is 4.67. The molecule has 16 heavy (non-hydrogen) atoms. The average Bonchev–Trinajstić information content (AvgIpc) is 2.77. The summed E-state index contributed by atoms with van der Waals surface area (Å²) < 4.78 is 0.774. The Hall–Kier alpha value is -1.33. The van der Waals surface area contributed by atoms with Gasteiger partial charge in [-0.05, 0) is 45.6 Å². The summed E-state index contributed by atoms with van der Waals surface area (Å²) in [7, 11) is 0. The second-order valence-corrected chi connectivity index (χ2v) is 4.84. The van der Waals surface area contributed by atoms with Gasteiger partial charge >= 0.3 is 0 Å². The highest BCUT2D eigenvalue weighted by Gasteiger charge is 2.06. The number of carbonyl (C=O) groups excluding carboxylic acids is 1. The van der Waals surface area contributed by atoms with Crippen molar-refractivity contribution in [1.29, 1.82) is 0 Å². The van der Waals surface area contributed by atoms with E-state index in [2.05, 4.69) is 21.2 Å². The molecule has 1 heterocycles. The first-order valence-electron chi connectivity index (χ1n) is 4.55. The molecule has 82 valence electrons. The molecule has 0 saturated carbocycles. The zero-order chi connectivity index (χ0) is 11.5. The van der Waals surface area contributed by atoms with Crippen molar-refractivity contribution in [3.8, 4) is 0 Å². The molecule has 0 aliphatic heterocycles. The van der Waals surface area contributed by atoms with E-state index < -0.39 is 0 Å². The quantitative estimate of drug-likeness (QED) is 0.835. The van der Waals surface area contributed by atoms with Crippen molar-refractivity contribution in [1.82, 2.24) is 0 Å². The zero-order valence-corrected chi connectivity index (χ0v) is 10.6. The van der Waals surface area contributed by atoms with E-state index in [-0.39, 0.29) is 5.91 Å². The molecule has 0 aliphatic carbocycles. The number of carbonyl (C=O) groups is 1. The number of anilines is 2. The Bertz CT molecular complexity index is 511. The molecule has 0 saturated heterocycles. The summed E-state index contributed by atoms with van der Waals surface area (Å²) in [4.78, 5) is 11.7. The lowest BCUT2D eigenvalue weighted by Crippen LogP contribution is -2.10. The molecule has 0 fully saturated rings. The minimum absolute atomic E-state index is 0.113. The van der Waals surface area contributed by atoms with Crippen LogP contribution < -0.4 is 11.1 Å². The van der Waals surface area contributed by atoms with Crippen molar-refractivity contribution in [3.63, 3.8) is 0 Å². The zero-order valence-electron chi connectivity index (χ0n) is 8.24. The Balaban J connectivity index is 2.15. The van der Waals surface area contributed by atoms with Gasteiger partial charge in [-0.3, -0.25) is 4.79 Å². The van der Waals surface area contributed by atoms with Gasteiger partial charge in [-0.25, -0.2) is 0 Å². The molecule has 5 heteroatoms. The first kappa shape index (κ1) is 11.2. The van der Waals surface area contributed by atoms with E-state index in [0.29, 0.717) is 11.3 Å². The number of halogens is 1. The minimum atomic E-state index is -0.113. The van der Waals surface area contributed by atoms with Crippen molar-refractivity contribution in [2.45, 2.75) is 0 Å². The summed E-state index contributed by atoms with van der Waals surface area (Å²) in [6, 6.07) is 7.07. The predicted octanol–water partition coefficient (Wildman–Crippen LogP) is 3.35. The van der Waals surface area contributed by atoms with Gasteiger partial charge in [0.25, 0.3) is 5.91 Å². The van der Waals surface area contributed by atoms with E-state index in [9.17, 15) is 4.79 Å². The van der Waals surface area contributed by atoms with Crippen molar-refractivity contribution >= 4 is 44.5 Å². The van der Waals surface area contributed by atoms with Gasteiger partial charge in [-0.1, -0.05) is 0 Å². The number of nitrogens with two attached hydrogens (primary N) is 1. The van der Waals surface area contributed by atoms with Crippen LogP contribution in [0.25, 0.3) is 0 Å². The van der Waals surface area contributed by atoms with Crippen LogP contribution in [0.1, 0.15) is 10.4 Å². The van der Waals surface area contributed by atoms with Crippen molar-refractivity contribution < 1.29 is 4.79 Å². The van der Waals surface area contributed by atoms with Crippen LogP contribution in [-0.2, 0) is 0 Å². The summed E-state index contributed by atoms with van der Waals surface area (Å²) in [6.07, 6.45) is 0. The minimum Gasteiger partial charge on any atom is -0.398 e. The van der Waals surface area contributed by atoms with Crippen molar-refractivity contribution in [2.24, 2.45) is 0 Å². The number of thiophene rings is 1. The lowest BCUT2D eigenvalue weighted by Gasteiger charge is -2.05. The Morgan fingerprint density at radius 1 is 1.38 bits per heavy atom. The maximum Gasteiger partial charge on any atom is 0.256 e. The highest BCUT2D eigenvalue weighted by Crippen LogP contribution is 2.23. The third-order valence-electron chi connectivity index (χ3n) is 2.04. The van der Waals surface area contributed by atoms with Crippen LogP contribution in [0.2, 0.25) is 0 Å². The van der Waals surface area contributed by atoms with E-state index >= 15 is 0 Å². The first-order chi connectivity index (χ1) is 7.66. The lowest BCUT2D eigenvalue weighted by atomic mass is 10.2. The first-order valence-corrected chi connectivity index (χ1v) is 6.29. The van der Waals surface area contributed by atoms with Crippen LogP contribution in [0.3, 0.4) is 0 Å². The summed E-state index contributed by atoms with van der Waals surface area (Å²) in [6.45, 7) is 0. The van der Waals surface area contributed by atoms with Crippen molar-refractivity contribution in [3.05, 3.63) is 45.1 Å². The van der Waals surface area contributed by atoms with Gasteiger partial charge in [-0.2, -0.15) is 11.3 Å². The van der Waals surface area contributed by atoms with E-state index in [1.165, 1.54) is 11.3 Å². The topological polar surface area (TPSA) is 55.1 Å². The lowest BCUT2D eigenvalue weighted by molar-refractivity contribution is 0.102. The number of amides is 1. The molecular weight excluding hydrogens is 288 g/mol. The van der Waals surface area contributed by atoms with E-state index in [1.54, 1.807) is 24.3 Å². The molecule has 3 N–H and O–H groups in total. The summed E-state index contributed by atoms with van der Waals surface area (Å²) >= 11 is 4.80. The third kappa shape index (κ3) is 2.43. The fourth-order valence-electron chi connectivity index (χ4n) is 1.20. The predicted molar refractivity (Wildman–Crippen MR) is 70.8 cm³/mol. The molecule has 1 aromatic carbocycles. The third-order valence-corrected chi connectivity index (χ3v) is 3.41. The van der Waals surface area contributed by atoms with Gasteiger partial charge in [0, 0.05) is 21.2 Å². The fraction of sp³-hybridized carbons (Fsp3) is 0. The number of nitrogens with one attached hydrogen (secondary N) is 1. The van der Waals surface area contributed by atoms with Crippen LogP contribution in [0.5, 0.6) is 0 Å². The van der Waals surface area contributed by atoms with E-state index in [1.807, 2.05) is 10.8 Å². The Morgan fingerprint density at radius 3 is 2.81 bits per heavy atom. The van der Waals surface area contributed by atoms with Crippen molar-refractivity contribution in [2.75, 3.05) is 11.1 Å². The standard InChI is InChI=1S/C11H9BrN2OS/c12-9-5-8(1-2-10(9)13)14-11(15)7-3-4-16-6-7/h1-6H,13H2,(H,14,15). The van der Waals surface area contributed by atoms with Gasteiger partial charge in [-0.15, -0.1) is 0 Å². The molecule has 2 rings (SSSR count). The van der Waals surface area contributed by atoms with Gasteiger partial charge in [0.15, 0.2) is 0 Å². The maximum absolute atomic E-state index is 11.7. The highest BCUT2D eigenvalue weighted by atomic mass is 79.9. The van der Waals surface area contributed by atoms with Crippen LogP contribution >= 0.6 is 27.3 Å². The smallest absolute Gasteiger partial charge is 0.256 e. The summed E-state index contributed by atoms with van der Waals surface area (Å²) in [5.74, 6) is -0.113. The van der Waals surface area contributed by atoms with Crippen LogP contribution in [0.15, 0.2) is 39.5 Å². The number of benzene rings is 1. The molecule has 1 aromatic heterocycles. The molecule has 0 atom stereocenters. The Kier molecular flexibility index (Phi) is 3.26. The van der Waals surface area contributed by atoms with Crippen LogP contribution in [0, 0.1) is 0 Å². The fourth-order valence-corrected chi connectivity index (χ4v) is 2.22. The van der Waals surface area contributed by atoms with Crippen LogP contribution in [-0.4, -0.2) is 5.91 Å². The molecule has 0 aliphatic rings. The van der Waals surface area contributed by atoms with Gasteiger partial charge in [0.05, 0.1) is 5.56 Å². The normalized spacial score (nSPS) is 10.1. The maximum atomic E-state index is 11.7. The molecule has 1 amide bonds. The van der Waals surface area contributed by atoms with E-state index in [4.69, 9.17) is 5.73 Å². The molecule has 0 unspecified atom stereocenters. The second-order valence-electron chi connectivity index (χ2n) is 3.20. The SMILES string of the molecule is Nc1ccc(NC(=O)c2ccsc2)cc1Br. The number of rotatable bonds is 2. The summed E-state index contributed by atoms with van der Waals surface area (Å²) in [5.41, 5.74) is 7.69. The molecular formula is C11H9BrN2OS. The van der Waals surface area contributed by atoms with E-state index in [0.717, 1.165) is 10.2 Å². The Labute approximate surface area is 105 Å². The largest absolute Gasteiger partial charge is 0.398 e. The van der Waals surface area contributed by atoms with Gasteiger partial charge < -0.3 is 11.1 Å². The Morgan fingerprint density at radius 2 is 2.19 bits per heavy atom. The number of hydrogen-bond acceptors (Lipinski definition) is 3. The molecule has 0 bridgehead atoms. The molecule has 0 radical (unpaired) electrons. The average molecular weight is 297 g/mol. The summed E-state index contributed by atoms with van der Waals surface area (Å²) in [5, 5.41) is 6.47. The van der Waals surface area contributed by atoms with Crippen LogP contribution in [0.4, 0.5) is 11.4 Å². The number of hydrogen-bond donors (Lipinski definition) is 2. The highest BCUT2D eigenvalue weighted by molar-refractivity contribution is 9.10. The van der Waals surface area contributed by atoms with Gasteiger partial charge in [0.1, 0.15) is 0 Å². The molecule has 0 spiro atoms. The monoisotopic (exact) mass is 296 g/mol. The molecule has 3 nitrogen and oxygen atoms in total. The number of nitrogen functional groups attached to an aromatic ring is 1.